The van der Waals surface area contributed by atoms with Crippen molar-refractivity contribution in [3.05, 3.63) is 199 Å². The van der Waals surface area contributed by atoms with Gasteiger partial charge in [-0.25, -0.2) is 27.0 Å². The number of para-hydroxylation sites is 1. The summed E-state index contributed by atoms with van der Waals surface area (Å²) >= 11 is 0. The molecule has 0 saturated heterocycles. The summed E-state index contributed by atoms with van der Waals surface area (Å²) in [4.78, 5) is 2.08. The molecule has 0 aliphatic heterocycles. The molecule has 0 heterocycles. The summed E-state index contributed by atoms with van der Waals surface area (Å²) in [5.74, 6) is 0. The average molecular weight is 704 g/mol. The van der Waals surface area contributed by atoms with E-state index in [1.807, 2.05) is 32.3 Å². The Hall–Kier alpha value is -4.02. The fraction of sp³-hybridized carbons (Fsp3) is 0.0909. The molecule has 0 spiro atoms. The van der Waals surface area contributed by atoms with Gasteiger partial charge in [-0.05, 0) is 30.7 Å². The number of rotatable bonds is 7. The number of aryl methyl sites for hydroxylation is 2. The Morgan fingerprint density at radius 1 is 0.500 bits per heavy atom. The average Bonchev–Trinajstić information content (AvgIpc) is 3.75. The number of benzene rings is 5. The summed E-state index contributed by atoms with van der Waals surface area (Å²) in [6.45, 7) is 4.41. The van der Waals surface area contributed by atoms with E-state index in [9.17, 15) is 0 Å². The van der Waals surface area contributed by atoms with Gasteiger partial charge in [0.15, 0.2) is 0 Å². The van der Waals surface area contributed by atoms with E-state index in [0.717, 1.165) is 0 Å². The van der Waals surface area contributed by atoms with E-state index in [4.69, 9.17) is 0 Å². The van der Waals surface area contributed by atoms with Crippen LogP contribution in [0.25, 0.3) is 0 Å². The van der Waals surface area contributed by atoms with Crippen molar-refractivity contribution < 1.29 is 17.1 Å². The molecule has 0 amide bonds. The molecule has 7 rings (SSSR count). The molecule has 48 heavy (non-hydrogen) atoms. The molecule has 0 radical (unpaired) electrons. The minimum Gasteiger partial charge on any atom is -0.747 e. The zero-order valence-electron chi connectivity index (χ0n) is 28.1. The van der Waals surface area contributed by atoms with Crippen LogP contribution in [0.3, 0.4) is 0 Å². The second kappa shape index (κ2) is 19.1. The van der Waals surface area contributed by atoms with Gasteiger partial charge in [0.25, 0.3) is 0 Å². The number of nitrogens with zero attached hydrogens (tertiary/aromatic N) is 1. The summed E-state index contributed by atoms with van der Waals surface area (Å²) in [5, 5.41) is 8.59. The van der Waals surface area contributed by atoms with Crippen molar-refractivity contribution >= 4 is 53.4 Å². The van der Waals surface area contributed by atoms with Gasteiger partial charge in [0.05, 0.1) is 0 Å². The topological polar surface area (TPSA) is 3.24 Å². The van der Waals surface area contributed by atoms with Crippen molar-refractivity contribution in [2.24, 2.45) is 0 Å². The quantitative estimate of drug-likeness (QED) is 0.0913. The van der Waals surface area contributed by atoms with Crippen molar-refractivity contribution in [1.82, 2.24) is 0 Å². The van der Waals surface area contributed by atoms with Crippen molar-refractivity contribution in [1.29, 1.82) is 0 Å². The van der Waals surface area contributed by atoms with Crippen LogP contribution in [-0.4, -0.2) is 14.1 Å². The minimum atomic E-state index is -0.430. The summed E-state index contributed by atoms with van der Waals surface area (Å²) in [6, 6.07) is 66.8. The van der Waals surface area contributed by atoms with E-state index in [1.165, 1.54) is 48.6 Å². The van der Waals surface area contributed by atoms with Gasteiger partial charge in [-0.15, -0.1) is 5.30 Å². The fourth-order valence-corrected chi connectivity index (χ4v) is 10.3. The first-order valence-corrected chi connectivity index (χ1v) is 18.7. The predicted octanol–water partition coefficient (Wildman–Crippen LogP) is 8.69. The third-order valence-electron chi connectivity index (χ3n) is 7.82. The first-order valence-electron chi connectivity index (χ1n) is 16.0. The van der Waals surface area contributed by atoms with Crippen molar-refractivity contribution in [2.75, 3.05) is 19.0 Å². The van der Waals surface area contributed by atoms with Crippen molar-refractivity contribution in [3.63, 3.8) is 0 Å². The summed E-state index contributed by atoms with van der Waals surface area (Å²) < 4.78 is 0. The first kappa shape index (κ1) is 36.8. The van der Waals surface area contributed by atoms with Crippen LogP contribution in [0.15, 0.2) is 188 Å². The fourth-order valence-electron chi connectivity index (χ4n) is 5.39. The molecule has 248 valence electrons. The molecule has 0 fully saturated rings. The maximum absolute atomic E-state index is 2.26. The molecule has 7 aromatic carbocycles. The molecule has 7 aromatic rings. The molecule has 0 aliphatic carbocycles. The van der Waals surface area contributed by atoms with Crippen LogP contribution in [0.4, 0.5) is 5.69 Å². The normalized spacial score (nSPS) is 10.3. The third-order valence-corrected chi connectivity index (χ3v) is 13.0. The third kappa shape index (κ3) is 10.00. The van der Waals surface area contributed by atoms with Gasteiger partial charge < -0.3 is 34.0 Å². The monoisotopic (exact) mass is 703 g/mol. The first-order chi connectivity index (χ1) is 23.0. The van der Waals surface area contributed by atoms with Gasteiger partial charge in [-0.3, -0.25) is 0 Å². The van der Waals surface area contributed by atoms with Crippen LogP contribution < -0.4 is 36.7 Å². The molecule has 0 atom stereocenters. The summed E-state index contributed by atoms with van der Waals surface area (Å²) in [6.07, 6.45) is 0. The molecular weight excluding hydrogens is 660 g/mol. The van der Waals surface area contributed by atoms with Crippen LogP contribution in [0.5, 0.6) is 0 Å². The van der Waals surface area contributed by atoms with Gasteiger partial charge in [0.1, 0.15) is 0 Å². The molecule has 0 N–H and O–H groups in total. The number of hydrogen-bond donors (Lipinski definition) is 0. The van der Waals surface area contributed by atoms with Crippen LogP contribution >= 0.6 is 15.8 Å². The number of hydrogen-bond acceptors (Lipinski definition) is 1. The van der Waals surface area contributed by atoms with Crippen LogP contribution in [0.1, 0.15) is 11.1 Å². The maximum atomic E-state index is 2.26. The van der Waals surface area contributed by atoms with Crippen LogP contribution in [0, 0.1) is 13.8 Å². The molecule has 4 heteroatoms. The van der Waals surface area contributed by atoms with E-state index < -0.39 is 15.8 Å². The molecule has 0 unspecified atom stereocenters. The van der Waals surface area contributed by atoms with E-state index in [0.29, 0.717) is 0 Å². The zero-order chi connectivity index (χ0) is 32.8. The van der Waals surface area contributed by atoms with Gasteiger partial charge in [-0.1, -0.05) is 157 Å². The van der Waals surface area contributed by atoms with E-state index in [1.54, 1.807) is 0 Å². The Morgan fingerprint density at radius 2 is 0.917 bits per heavy atom. The van der Waals surface area contributed by atoms with Crippen LogP contribution in [-0.2, 0) is 17.1 Å². The number of anilines is 1. The molecule has 1 nitrogen and oxygen atoms in total. The standard InChI is InChI=1S/2C18H16P.C8H11N.Fe/c2*1-15-9-8-14-18(15)19(16-10-4-2-5-11-16)17-12-6-3-7-13-17;1-9(2)8-6-4-3-5-7-8;/h2*2-14H,1H3;3-7H,1-2H3;/q-5;-1;;. The van der Waals surface area contributed by atoms with Gasteiger partial charge in [0.2, 0.25) is 0 Å². The van der Waals surface area contributed by atoms with E-state index in [2.05, 4.69) is 189 Å². The summed E-state index contributed by atoms with van der Waals surface area (Å²) in [7, 11) is 3.21. The molecule has 0 bridgehead atoms. The van der Waals surface area contributed by atoms with Crippen molar-refractivity contribution in [3.8, 4) is 0 Å². The molecule has 0 aliphatic rings. The van der Waals surface area contributed by atoms with E-state index >= 15 is 0 Å². The van der Waals surface area contributed by atoms with E-state index in [-0.39, 0.29) is 17.1 Å². The van der Waals surface area contributed by atoms with Crippen molar-refractivity contribution in [2.45, 2.75) is 13.8 Å². The molecular formula is C44H43FeNP2-6. The van der Waals surface area contributed by atoms with Gasteiger partial charge in [0, 0.05) is 36.9 Å². The predicted molar refractivity (Wildman–Crippen MR) is 212 cm³/mol. The molecule has 0 saturated carbocycles. The summed E-state index contributed by atoms with van der Waals surface area (Å²) in [5.41, 5.74) is 4.02. The second-order valence-electron chi connectivity index (χ2n) is 11.4. The molecule has 0 aromatic heterocycles. The maximum Gasteiger partial charge on any atom is 0.0360 e. The second-order valence-corrected chi connectivity index (χ2v) is 15.8. The van der Waals surface area contributed by atoms with Gasteiger partial charge in [-0.2, -0.15) is 11.6 Å². The zero-order valence-corrected chi connectivity index (χ0v) is 31.0. The Kier molecular flexibility index (Phi) is 14.6. The van der Waals surface area contributed by atoms with Gasteiger partial charge >= 0.3 is 0 Å². The minimum absolute atomic E-state index is 0. The SMILES string of the molecule is CN(C)c1ccccc1.C[c-]1[cH-][cH-][cH-][c-]1P(c1ccccc1)c1ccccc1.C[c-]1cccc1P(c1ccccc1)c1ccccc1.[Fe]. The Bertz CT molecular complexity index is 1670. The smallest absolute Gasteiger partial charge is 0.0360 e. The Morgan fingerprint density at radius 3 is 1.25 bits per heavy atom. The Balaban J connectivity index is 0.000000171. The largest absolute Gasteiger partial charge is 0.747 e. The Labute approximate surface area is 301 Å². The van der Waals surface area contributed by atoms with Crippen LogP contribution in [0.2, 0.25) is 0 Å².